The number of nitrogens with zero attached hydrogens (tertiary/aromatic N) is 1. The maximum atomic E-state index is 2.41. The van der Waals surface area contributed by atoms with Gasteiger partial charge < -0.3 is 4.90 Å². The van der Waals surface area contributed by atoms with Crippen molar-refractivity contribution in [1.29, 1.82) is 0 Å². The van der Waals surface area contributed by atoms with Gasteiger partial charge in [0, 0.05) is 0 Å². The monoisotopic (exact) mass is 640 g/mol. The van der Waals surface area contributed by atoms with Gasteiger partial charge in [0.1, 0.15) is 0 Å². The lowest BCUT2D eigenvalue weighted by Crippen LogP contribution is -2.12. The summed E-state index contributed by atoms with van der Waals surface area (Å²) in [5.41, 5.74) is 0. The molecule has 0 heterocycles. The average molecular weight is 640 g/mol. The highest BCUT2D eigenvalue weighted by molar-refractivity contribution is 4.93. The van der Waals surface area contributed by atoms with Gasteiger partial charge in [0.05, 0.1) is 0 Å². The molecule has 0 rings (SSSR count). The number of allylic oxidation sites excluding steroid dienone is 8. The molecule has 0 aliphatic heterocycles. The molecule has 0 aliphatic carbocycles. The number of unbranched alkanes of at least 4 members (excludes halogenated alkanes) is 21. The first-order valence-electron chi connectivity index (χ1n) is 20.9. The molecule has 0 aromatic rings. The molecule has 0 aromatic carbocycles. The molecule has 46 heavy (non-hydrogen) atoms. The quantitative estimate of drug-likeness (QED) is 0.0483. The van der Waals surface area contributed by atoms with E-state index in [-0.39, 0.29) is 0 Å². The van der Waals surface area contributed by atoms with Gasteiger partial charge in [-0.05, 0) is 97.2 Å². The van der Waals surface area contributed by atoms with E-state index >= 15 is 0 Å². The molecule has 0 bridgehead atoms. The number of hydrogen-bond acceptors (Lipinski definition) is 1. The topological polar surface area (TPSA) is 3.24 Å². The van der Waals surface area contributed by atoms with Crippen molar-refractivity contribution in [3.8, 4) is 0 Å². The summed E-state index contributed by atoms with van der Waals surface area (Å²) in [6.07, 6.45) is 61.8. The Hall–Kier alpha value is -1.08. The third kappa shape index (κ3) is 39.1. The van der Waals surface area contributed by atoms with Crippen LogP contribution >= 0.6 is 0 Å². The smallest absolute Gasteiger partial charge is 0.00248 e. The molecular weight excluding hydrogens is 555 g/mol. The van der Waals surface area contributed by atoms with E-state index in [1.807, 2.05) is 0 Å². The minimum Gasteiger partial charge on any atom is -0.309 e. The van der Waals surface area contributed by atoms with Gasteiger partial charge in [-0.2, -0.15) is 0 Å². The Morgan fingerprint density at radius 3 is 1.00 bits per heavy atom. The lowest BCUT2D eigenvalue weighted by molar-refractivity contribution is 0.357. The molecule has 0 aromatic heterocycles. The first kappa shape index (κ1) is 44.9. The van der Waals surface area contributed by atoms with Crippen molar-refractivity contribution in [3.63, 3.8) is 0 Å². The molecule has 0 aliphatic rings. The first-order chi connectivity index (χ1) is 22.7. The predicted octanol–water partition coefficient (Wildman–Crippen LogP) is 15.5. The van der Waals surface area contributed by atoms with E-state index in [2.05, 4.69) is 81.5 Å². The molecule has 1 heteroatoms. The van der Waals surface area contributed by atoms with Crippen molar-refractivity contribution in [3.05, 3.63) is 48.6 Å². The van der Waals surface area contributed by atoms with Gasteiger partial charge in [0.25, 0.3) is 0 Å². The summed E-state index contributed by atoms with van der Waals surface area (Å²) in [4.78, 5) is 2.33. The van der Waals surface area contributed by atoms with Gasteiger partial charge in [0.2, 0.25) is 0 Å². The molecule has 0 atom stereocenters. The zero-order valence-corrected chi connectivity index (χ0v) is 32.3. The van der Waals surface area contributed by atoms with Crippen LogP contribution in [0, 0.1) is 5.92 Å². The normalized spacial score (nSPS) is 12.6. The molecule has 0 N–H and O–H groups in total. The van der Waals surface area contributed by atoms with E-state index in [9.17, 15) is 0 Å². The zero-order chi connectivity index (χ0) is 33.4. The van der Waals surface area contributed by atoms with Crippen LogP contribution in [0.1, 0.15) is 213 Å². The predicted molar refractivity (Wildman–Crippen MR) is 213 cm³/mol. The minimum absolute atomic E-state index is 0.991. The second-order valence-corrected chi connectivity index (χ2v) is 14.6. The molecule has 0 amide bonds. The summed E-state index contributed by atoms with van der Waals surface area (Å²) in [6.45, 7) is 5.81. The van der Waals surface area contributed by atoms with Crippen LogP contribution in [0.15, 0.2) is 48.6 Å². The molecule has 0 radical (unpaired) electrons. The summed E-state index contributed by atoms with van der Waals surface area (Å²) >= 11 is 0. The second-order valence-electron chi connectivity index (χ2n) is 14.6. The molecule has 1 nitrogen and oxygen atoms in total. The van der Waals surface area contributed by atoms with Crippen LogP contribution < -0.4 is 0 Å². The van der Waals surface area contributed by atoms with Crippen molar-refractivity contribution in [2.45, 2.75) is 213 Å². The average Bonchev–Trinajstić information content (AvgIpc) is 3.05. The SMILES string of the molecule is CCCCC/C=C\C/C=C\CCCCCCCCC(CCCCCCCC/C=C\C/C=C\CCCCC)CCCCCCN(C)C. The lowest BCUT2D eigenvalue weighted by Gasteiger charge is -2.17. The maximum absolute atomic E-state index is 2.41. The molecule has 270 valence electrons. The summed E-state index contributed by atoms with van der Waals surface area (Å²) < 4.78 is 0. The molecule has 0 saturated heterocycles. The number of hydrogen-bond donors (Lipinski definition) is 0. The van der Waals surface area contributed by atoms with Crippen LogP contribution in [0.4, 0.5) is 0 Å². The van der Waals surface area contributed by atoms with Gasteiger partial charge in [-0.3, -0.25) is 0 Å². The van der Waals surface area contributed by atoms with Crippen LogP contribution in [-0.2, 0) is 0 Å². The van der Waals surface area contributed by atoms with Gasteiger partial charge in [-0.1, -0.05) is 191 Å². The van der Waals surface area contributed by atoms with E-state index in [1.165, 1.54) is 193 Å². The number of rotatable bonds is 37. The standard InChI is InChI=1S/C45H85N/c1-5-7-9-11-13-15-17-19-21-23-25-27-29-31-33-37-41-45(43-39-35-36-40-44-46(3)4)42-38-34-32-30-28-26-24-22-20-18-16-14-12-10-8-6-2/h13-16,19-22,45H,5-12,17-18,23-44H2,1-4H3/b15-13-,16-14-,21-19-,22-20-. The molecule has 0 saturated carbocycles. The third-order valence-corrected chi connectivity index (χ3v) is 9.59. The van der Waals surface area contributed by atoms with Gasteiger partial charge in [-0.25, -0.2) is 0 Å². The summed E-state index contributed by atoms with van der Waals surface area (Å²) in [6, 6.07) is 0. The Morgan fingerprint density at radius 1 is 0.348 bits per heavy atom. The van der Waals surface area contributed by atoms with E-state index in [0.717, 1.165) is 18.8 Å². The highest BCUT2D eigenvalue weighted by Gasteiger charge is 2.09. The van der Waals surface area contributed by atoms with Gasteiger partial charge in [-0.15, -0.1) is 0 Å². The molecular formula is C45H85N. The van der Waals surface area contributed by atoms with E-state index < -0.39 is 0 Å². The van der Waals surface area contributed by atoms with Crippen molar-refractivity contribution in [2.75, 3.05) is 20.6 Å². The summed E-state index contributed by atoms with van der Waals surface area (Å²) in [7, 11) is 4.41. The Kier molecular flexibility index (Phi) is 39.2. The van der Waals surface area contributed by atoms with Crippen LogP contribution in [0.3, 0.4) is 0 Å². The van der Waals surface area contributed by atoms with Gasteiger partial charge in [0.15, 0.2) is 0 Å². The molecule has 0 unspecified atom stereocenters. The molecule has 0 fully saturated rings. The first-order valence-corrected chi connectivity index (χ1v) is 20.9. The third-order valence-electron chi connectivity index (χ3n) is 9.59. The Bertz CT molecular complexity index is 620. The minimum atomic E-state index is 0.991. The van der Waals surface area contributed by atoms with Gasteiger partial charge >= 0.3 is 0 Å². The van der Waals surface area contributed by atoms with Crippen molar-refractivity contribution in [1.82, 2.24) is 4.90 Å². The highest BCUT2D eigenvalue weighted by Crippen LogP contribution is 2.25. The lowest BCUT2D eigenvalue weighted by atomic mass is 9.89. The molecule has 0 spiro atoms. The summed E-state index contributed by atoms with van der Waals surface area (Å²) in [5.74, 6) is 0.991. The van der Waals surface area contributed by atoms with E-state index in [0.29, 0.717) is 0 Å². The van der Waals surface area contributed by atoms with Crippen molar-refractivity contribution >= 4 is 0 Å². The van der Waals surface area contributed by atoms with Crippen LogP contribution in [0.25, 0.3) is 0 Å². The van der Waals surface area contributed by atoms with E-state index in [4.69, 9.17) is 0 Å². The van der Waals surface area contributed by atoms with Crippen molar-refractivity contribution in [2.24, 2.45) is 5.92 Å². The Morgan fingerprint density at radius 2 is 0.652 bits per heavy atom. The second kappa shape index (κ2) is 40.1. The summed E-state index contributed by atoms with van der Waals surface area (Å²) in [5, 5.41) is 0. The maximum Gasteiger partial charge on any atom is -0.00248 e. The van der Waals surface area contributed by atoms with Crippen LogP contribution in [0.2, 0.25) is 0 Å². The zero-order valence-electron chi connectivity index (χ0n) is 32.3. The van der Waals surface area contributed by atoms with E-state index in [1.54, 1.807) is 0 Å². The van der Waals surface area contributed by atoms with Crippen molar-refractivity contribution < 1.29 is 0 Å². The van der Waals surface area contributed by atoms with Crippen LogP contribution in [-0.4, -0.2) is 25.5 Å². The Labute approximate surface area is 292 Å². The van der Waals surface area contributed by atoms with Crippen LogP contribution in [0.5, 0.6) is 0 Å². The fraction of sp³-hybridized carbons (Fsp3) is 0.822. The Balaban J connectivity index is 3.93. The highest BCUT2D eigenvalue weighted by atomic mass is 15.0. The largest absolute Gasteiger partial charge is 0.309 e. The fourth-order valence-electron chi connectivity index (χ4n) is 6.49. The fourth-order valence-corrected chi connectivity index (χ4v) is 6.49.